The van der Waals surface area contributed by atoms with Gasteiger partial charge in [0.1, 0.15) is 0 Å². The predicted molar refractivity (Wildman–Crippen MR) is 84.4 cm³/mol. The lowest BCUT2D eigenvalue weighted by molar-refractivity contribution is 0.149. The molecule has 0 aliphatic carbocycles. The van der Waals surface area contributed by atoms with Gasteiger partial charge in [-0.3, -0.25) is 0 Å². The van der Waals surface area contributed by atoms with E-state index in [9.17, 15) is 4.39 Å². The van der Waals surface area contributed by atoms with Crippen LogP contribution in [0.25, 0.3) is 0 Å². The average Bonchev–Trinajstić information content (AvgIpc) is 2.47. The Morgan fingerprint density at radius 2 is 2.05 bits per heavy atom. The number of hydrogen-bond acceptors (Lipinski definition) is 3. The molecule has 0 aliphatic rings. The van der Waals surface area contributed by atoms with Gasteiger partial charge >= 0.3 is 0 Å². The zero-order valence-corrected chi connectivity index (χ0v) is 13.6. The molecule has 1 rings (SSSR count). The first kappa shape index (κ1) is 17.9. The fourth-order valence-electron chi connectivity index (χ4n) is 2.56. The Kier molecular flexibility index (Phi) is 8.31. The molecule has 0 radical (unpaired) electrons. The smallest absolute Gasteiger partial charge is 0.168 e. The summed E-state index contributed by atoms with van der Waals surface area (Å²) >= 11 is 0. The lowest BCUT2D eigenvalue weighted by atomic mass is 9.96. The number of rotatable bonds is 10. The van der Waals surface area contributed by atoms with Crippen LogP contribution in [0.2, 0.25) is 0 Å². The third-order valence-corrected chi connectivity index (χ3v) is 3.55. The molecule has 0 bridgehead atoms. The summed E-state index contributed by atoms with van der Waals surface area (Å²) < 4.78 is 24.5. The zero-order valence-electron chi connectivity index (χ0n) is 13.6. The largest absolute Gasteiger partial charge is 0.494 e. The molecule has 4 heteroatoms. The average molecular weight is 297 g/mol. The van der Waals surface area contributed by atoms with Crippen LogP contribution in [-0.4, -0.2) is 33.4 Å². The Balaban J connectivity index is 2.75. The summed E-state index contributed by atoms with van der Waals surface area (Å²) in [6, 6.07) is 5.57. The van der Waals surface area contributed by atoms with Crippen molar-refractivity contribution in [3.63, 3.8) is 0 Å². The third-order valence-electron chi connectivity index (χ3n) is 3.55. The Morgan fingerprint density at radius 1 is 1.29 bits per heavy atom. The molecule has 1 aromatic carbocycles. The van der Waals surface area contributed by atoms with Crippen LogP contribution in [0.5, 0.6) is 5.75 Å². The number of halogens is 1. The molecule has 0 saturated carbocycles. The number of benzene rings is 1. The van der Waals surface area contributed by atoms with E-state index < -0.39 is 0 Å². The molecular weight excluding hydrogens is 269 g/mol. The van der Waals surface area contributed by atoms with Gasteiger partial charge in [0, 0.05) is 19.8 Å². The van der Waals surface area contributed by atoms with Crippen LogP contribution in [0.4, 0.5) is 4.39 Å². The molecule has 0 heterocycles. The maximum atomic E-state index is 14.3. The zero-order chi connectivity index (χ0) is 15.7. The highest BCUT2D eigenvalue weighted by molar-refractivity contribution is 5.31. The summed E-state index contributed by atoms with van der Waals surface area (Å²) in [5.74, 6) is 0.507. The van der Waals surface area contributed by atoms with Crippen molar-refractivity contribution < 1.29 is 13.9 Å². The molecule has 2 unspecified atom stereocenters. The van der Waals surface area contributed by atoms with Gasteiger partial charge in [-0.05, 0) is 43.4 Å². The standard InChI is InChI=1S/C17H28FNO2/c1-5-9-19-15(10-13(2)12-20-3)11-14-7-6-8-16(21-4)17(14)18/h6-8,13,15,19H,5,9-12H2,1-4H3. The maximum Gasteiger partial charge on any atom is 0.168 e. The van der Waals surface area contributed by atoms with Crippen LogP contribution >= 0.6 is 0 Å². The monoisotopic (exact) mass is 297 g/mol. The highest BCUT2D eigenvalue weighted by atomic mass is 19.1. The molecule has 0 amide bonds. The summed E-state index contributed by atoms with van der Waals surface area (Å²) in [5, 5.41) is 3.51. The highest BCUT2D eigenvalue weighted by Gasteiger charge is 2.17. The van der Waals surface area contributed by atoms with E-state index >= 15 is 0 Å². The van der Waals surface area contributed by atoms with Crippen molar-refractivity contribution in [2.24, 2.45) is 5.92 Å². The summed E-state index contributed by atoms with van der Waals surface area (Å²) in [6.45, 7) is 5.96. The first-order valence-electron chi connectivity index (χ1n) is 7.66. The van der Waals surface area contributed by atoms with Gasteiger partial charge in [-0.25, -0.2) is 4.39 Å². The lowest BCUT2D eigenvalue weighted by Gasteiger charge is -2.22. The SMILES string of the molecule is CCCNC(Cc1cccc(OC)c1F)CC(C)COC. The van der Waals surface area contributed by atoms with E-state index in [1.54, 1.807) is 13.2 Å². The normalized spacial score (nSPS) is 14.0. The van der Waals surface area contributed by atoms with Gasteiger partial charge in [-0.15, -0.1) is 0 Å². The maximum absolute atomic E-state index is 14.3. The minimum Gasteiger partial charge on any atom is -0.494 e. The van der Waals surface area contributed by atoms with Crippen molar-refractivity contribution in [1.82, 2.24) is 5.32 Å². The van der Waals surface area contributed by atoms with E-state index in [-0.39, 0.29) is 11.9 Å². The summed E-state index contributed by atoms with van der Waals surface area (Å²) in [7, 11) is 3.21. The van der Waals surface area contributed by atoms with Crippen molar-refractivity contribution in [2.75, 3.05) is 27.4 Å². The van der Waals surface area contributed by atoms with Crippen LogP contribution in [0.1, 0.15) is 32.3 Å². The van der Waals surface area contributed by atoms with Gasteiger partial charge in [-0.1, -0.05) is 26.0 Å². The van der Waals surface area contributed by atoms with E-state index in [0.29, 0.717) is 23.7 Å². The van der Waals surface area contributed by atoms with Gasteiger partial charge in [0.2, 0.25) is 0 Å². The highest BCUT2D eigenvalue weighted by Crippen LogP contribution is 2.22. The first-order valence-corrected chi connectivity index (χ1v) is 7.66. The molecule has 0 fully saturated rings. The third kappa shape index (κ3) is 6.02. The quantitative estimate of drug-likeness (QED) is 0.718. The van der Waals surface area contributed by atoms with Crippen molar-refractivity contribution >= 4 is 0 Å². The molecule has 0 aromatic heterocycles. The molecule has 0 saturated heterocycles. The van der Waals surface area contributed by atoms with Crippen molar-refractivity contribution in [3.8, 4) is 5.75 Å². The molecular formula is C17H28FNO2. The van der Waals surface area contributed by atoms with Gasteiger partial charge in [0.05, 0.1) is 7.11 Å². The van der Waals surface area contributed by atoms with E-state index in [4.69, 9.17) is 9.47 Å². The number of nitrogens with one attached hydrogen (secondary N) is 1. The van der Waals surface area contributed by atoms with E-state index in [2.05, 4.69) is 19.2 Å². The van der Waals surface area contributed by atoms with E-state index in [0.717, 1.165) is 26.0 Å². The minimum absolute atomic E-state index is 0.247. The second kappa shape index (κ2) is 9.74. The van der Waals surface area contributed by atoms with Crippen LogP contribution in [-0.2, 0) is 11.2 Å². The topological polar surface area (TPSA) is 30.5 Å². The van der Waals surface area contributed by atoms with Crippen LogP contribution in [0.3, 0.4) is 0 Å². The number of hydrogen-bond donors (Lipinski definition) is 1. The second-order valence-electron chi connectivity index (χ2n) is 5.58. The Morgan fingerprint density at radius 3 is 2.67 bits per heavy atom. The first-order chi connectivity index (χ1) is 10.1. The molecule has 120 valence electrons. The van der Waals surface area contributed by atoms with Crippen LogP contribution in [0.15, 0.2) is 18.2 Å². The molecule has 21 heavy (non-hydrogen) atoms. The molecule has 1 N–H and O–H groups in total. The van der Waals surface area contributed by atoms with E-state index in [1.165, 1.54) is 7.11 Å². The molecule has 3 nitrogen and oxygen atoms in total. The predicted octanol–water partition coefficient (Wildman–Crippen LogP) is 3.42. The van der Waals surface area contributed by atoms with Crippen molar-refractivity contribution in [3.05, 3.63) is 29.6 Å². The summed E-state index contributed by atoms with van der Waals surface area (Å²) in [6.07, 6.45) is 2.69. The Hall–Kier alpha value is -1.13. The fraction of sp³-hybridized carbons (Fsp3) is 0.647. The summed E-state index contributed by atoms with van der Waals surface area (Å²) in [5.41, 5.74) is 0.701. The van der Waals surface area contributed by atoms with Gasteiger partial charge in [-0.2, -0.15) is 0 Å². The van der Waals surface area contributed by atoms with Gasteiger partial charge in [0.15, 0.2) is 11.6 Å². The number of methoxy groups -OCH3 is 2. The van der Waals surface area contributed by atoms with Crippen molar-refractivity contribution in [1.29, 1.82) is 0 Å². The van der Waals surface area contributed by atoms with Gasteiger partial charge in [0.25, 0.3) is 0 Å². The molecule has 0 aliphatic heterocycles. The fourth-order valence-corrected chi connectivity index (χ4v) is 2.56. The number of ether oxygens (including phenoxy) is 2. The minimum atomic E-state index is -0.248. The van der Waals surface area contributed by atoms with Gasteiger partial charge < -0.3 is 14.8 Å². The Labute approximate surface area is 127 Å². The van der Waals surface area contributed by atoms with Crippen LogP contribution < -0.4 is 10.1 Å². The summed E-state index contributed by atoms with van der Waals surface area (Å²) in [4.78, 5) is 0. The molecule has 2 atom stereocenters. The molecule has 1 aromatic rings. The van der Waals surface area contributed by atoms with E-state index in [1.807, 2.05) is 12.1 Å². The molecule has 0 spiro atoms. The van der Waals surface area contributed by atoms with Crippen molar-refractivity contribution in [2.45, 2.75) is 39.2 Å². The second-order valence-corrected chi connectivity index (χ2v) is 5.58. The lowest BCUT2D eigenvalue weighted by Crippen LogP contribution is -2.34. The Bertz CT molecular complexity index is 412. The van der Waals surface area contributed by atoms with Crippen LogP contribution in [0, 0.1) is 11.7 Å².